The van der Waals surface area contributed by atoms with Crippen LogP contribution in [0.5, 0.6) is 0 Å². The Morgan fingerprint density at radius 3 is 1.38 bits per heavy atom. The second kappa shape index (κ2) is 35.7. The Kier molecular flexibility index (Phi) is 34.9. The molecular formula is C35H64N12O16S2. The third-order valence-corrected chi connectivity index (χ3v) is 8.64. The number of carbonyl (C=O) groups is 12. The van der Waals surface area contributed by atoms with E-state index in [-0.39, 0.29) is 0 Å². The first-order valence-corrected chi connectivity index (χ1v) is 22.0. The summed E-state index contributed by atoms with van der Waals surface area (Å²) in [5, 5.41) is 31.0. The first-order valence-electron chi connectivity index (χ1n) is 19.2. The molecule has 0 aliphatic rings. The number of carboxylic acids is 2. The molecule has 0 aromatic rings. The Hall–Kier alpha value is -5.66. The highest BCUT2D eigenvalue weighted by Crippen LogP contribution is 2.02. The molecule has 65 heavy (non-hydrogen) atoms. The molecule has 372 valence electrons. The summed E-state index contributed by atoms with van der Waals surface area (Å²) in [6, 6.07) is -7.86. The van der Waals surface area contributed by atoms with Gasteiger partial charge in [0.05, 0.1) is 43.2 Å². The molecule has 30 heteroatoms. The van der Waals surface area contributed by atoms with Crippen LogP contribution in [0.3, 0.4) is 0 Å². The highest BCUT2D eigenvalue weighted by Gasteiger charge is 2.28. The Bertz CT molecular complexity index is 1620. The zero-order valence-electron chi connectivity index (χ0n) is 36.9. The number of hydrogen-bond acceptors (Lipinski definition) is 21. The maximum Gasteiger partial charge on any atom is 0.336 e. The van der Waals surface area contributed by atoms with E-state index in [0.29, 0.717) is 24.3 Å². The van der Waals surface area contributed by atoms with Crippen molar-refractivity contribution < 1.29 is 77.2 Å². The van der Waals surface area contributed by atoms with E-state index in [1.807, 2.05) is 12.5 Å². The van der Waals surface area contributed by atoms with Gasteiger partial charge in [-0.15, -0.1) is 0 Å². The van der Waals surface area contributed by atoms with Crippen molar-refractivity contribution in [3.8, 4) is 0 Å². The monoisotopic (exact) mass is 972 g/mol. The van der Waals surface area contributed by atoms with Crippen molar-refractivity contribution in [2.24, 2.45) is 34.4 Å². The fraction of sp³-hybridized carbons (Fsp3) is 0.657. The van der Waals surface area contributed by atoms with Crippen molar-refractivity contribution in [3.63, 3.8) is 0 Å². The van der Waals surface area contributed by atoms with Crippen molar-refractivity contribution in [1.29, 1.82) is 0 Å². The van der Waals surface area contributed by atoms with Crippen LogP contribution < -0.4 is 66.3 Å². The van der Waals surface area contributed by atoms with Crippen LogP contribution in [0.4, 0.5) is 0 Å². The number of amides is 7. The molecule has 0 aliphatic carbocycles. The number of carboxylic acid groups (broad SMARTS) is 2. The molecule has 0 aromatic carbocycles. The predicted molar refractivity (Wildman–Crippen MR) is 235 cm³/mol. The van der Waals surface area contributed by atoms with Gasteiger partial charge in [-0.1, -0.05) is 0 Å². The zero-order chi connectivity index (χ0) is 51.0. The normalized spacial score (nSPS) is 14.0. The maximum atomic E-state index is 11.9. The van der Waals surface area contributed by atoms with Crippen LogP contribution in [0.15, 0.2) is 0 Å². The molecule has 20 N–H and O–H groups in total. The fourth-order valence-corrected chi connectivity index (χ4v) is 4.61. The van der Waals surface area contributed by atoms with Gasteiger partial charge in [0.25, 0.3) is 0 Å². The van der Waals surface area contributed by atoms with E-state index in [1.54, 1.807) is 11.8 Å². The molecule has 6 unspecified atom stereocenters. The Balaban J connectivity index is -0.000000930. The molecule has 0 bridgehead atoms. The number of ether oxygens (including phenoxy) is 2. The number of rotatable bonds is 27. The second-order valence-corrected chi connectivity index (χ2v) is 15.5. The SMILES string of the molecule is CC(N)C(=O)NCC(=O)NCC(=O)OC(=O)[C@H](CC(N)=O)NC(=O)C(C)N.CSCCC(NC(=O)C(C)N)C(=O)O.CSCC[C@H](N)C(=O)NCC(=O)OCC(NC(=O)C(C)N)C(=O)O. The fourth-order valence-electron chi connectivity index (χ4n) is 3.65. The van der Waals surface area contributed by atoms with Gasteiger partial charge in [0.15, 0.2) is 6.04 Å². The lowest BCUT2D eigenvalue weighted by Gasteiger charge is -2.17. The van der Waals surface area contributed by atoms with Crippen molar-refractivity contribution in [2.45, 2.75) is 95.3 Å². The zero-order valence-corrected chi connectivity index (χ0v) is 38.5. The summed E-state index contributed by atoms with van der Waals surface area (Å²) in [5.74, 6) is -8.84. The quantitative estimate of drug-likeness (QED) is 0.0269. The summed E-state index contributed by atoms with van der Waals surface area (Å²) in [7, 11) is 0. The van der Waals surface area contributed by atoms with Crippen molar-refractivity contribution >= 4 is 94.7 Å². The van der Waals surface area contributed by atoms with Crippen LogP contribution in [0.25, 0.3) is 0 Å². The predicted octanol–water partition coefficient (Wildman–Crippen LogP) is -7.36. The van der Waals surface area contributed by atoms with Crippen molar-refractivity contribution in [2.75, 3.05) is 50.3 Å². The number of hydrogen-bond donors (Lipinski definition) is 14. The van der Waals surface area contributed by atoms with Crippen LogP contribution >= 0.6 is 23.5 Å². The summed E-state index contributed by atoms with van der Waals surface area (Å²) in [5.41, 5.74) is 31.8. The lowest BCUT2D eigenvalue weighted by molar-refractivity contribution is -0.162. The molecule has 0 radical (unpaired) electrons. The summed E-state index contributed by atoms with van der Waals surface area (Å²) < 4.78 is 9.17. The lowest BCUT2D eigenvalue weighted by atomic mass is 10.2. The molecule has 28 nitrogen and oxygen atoms in total. The number of thioether (sulfide) groups is 2. The summed E-state index contributed by atoms with van der Waals surface area (Å²) in [4.78, 5) is 136. The van der Waals surface area contributed by atoms with Crippen LogP contribution in [-0.4, -0.2) is 180 Å². The van der Waals surface area contributed by atoms with Gasteiger partial charge in [-0.3, -0.25) is 38.4 Å². The van der Waals surface area contributed by atoms with Gasteiger partial charge in [-0.2, -0.15) is 23.5 Å². The minimum atomic E-state index is -1.51. The molecule has 0 aliphatic heterocycles. The largest absolute Gasteiger partial charge is 0.480 e. The number of esters is 3. The number of nitrogens with one attached hydrogen (secondary N) is 6. The number of nitrogens with two attached hydrogens (primary N) is 6. The molecule has 0 spiro atoms. The van der Waals surface area contributed by atoms with Crippen LogP contribution in [0.2, 0.25) is 0 Å². The molecular weight excluding hydrogens is 909 g/mol. The van der Waals surface area contributed by atoms with Gasteiger partial charge in [0, 0.05) is 0 Å². The van der Waals surface area contributed by atoms with Gasteiger partial charge in [-0.05, 0) is 64.6 Å². The third kappa shape index (κ3) is 33.5. The Labute approximate surface area is 382 Å². The number of aliphatic carboxylic acids is 2. The van der Waals surface area contributed by atoms with Gasteiger partial charge in [0.1, 0.15) is 31.8 Å². The molecule has 0 rings (SSSR count). The van der Waals surface area contributed by atoms with E-state index in [1.165, 1.54) is 39.5 Å². The van der Waals surface area contributed by atoms with Crippen LogP contribution in [0.1, 0.15) is 47.0 Å². The standard InChI is InChI=1S/C14H24N6O7.C13H24N4O6S.C8H16N2O3S/c1-6(15)12(24)19-4-10(22)18-5-11(23)27-14(26)8(3-9(17)21)20-13(25)7(2)16;1-7(14)11(19)17-9(13(21)22)6-23-10(18)5-16-12(20)8(15)3-4-24-2;1-5(9)7(11)10-6(8(12)13)3-4-14-2/h6-8H,3-5,15-16H2,1-2H3,(H2,17,21)(H,18,22)(H,19,24)(H,20,25);7-9H,3-6,14-15H2,1-2H3,(H,16,20)(H,17,19)(H,21,22);5-6H,3-4,9H2,1-2H3,(H,10,11)(H,12,13)/t6?,7?,8-;7?,8-,9?;/m00./s1. The first kappa shape index (κ1) is 63.6. The summed E-state index contributed by atoms with van der Waals surface area (Å²) in [6.45, 7) is 3.51. The average molecular weight is 973 g/mol. The molecule has 8 atom stereocenters. The topological polar surface area (TPSA) is 492 Å². The number of primary amides is 1. The van der Waals surface area contributed by atoms with Crippen molar-refractivity contribution in [1.82, 2.24) is 31.9 Å². The number of carbonyl (C=O) groups excluding carboxylic acids is 10. The van der Waals surface area contributed by atoms with Crippen molar-refractivity contribution in [3.05, 3.63) is 0 Å². The molecule has 0 saturated heterocycles. The first-order chi connectivity index (χ1) is 30.1. The smallest absolute Gasteiger partial charge is 0.336 e. The van der Waals surface area contributed by atoms with Gasteiger partial charge >= 0.3 is 29.8 Å². The Morgan fingerprint density at radius 1 is 0.538 bits per heavy atom. The van der Waals surface area contributed by atoms with E-state index >= 15 is 0 Å². The van der Waals surface area contributed by atoms with Crippen LogP contribution in [0, 0.1) is 0 Å². The van der Waals surface area contributed by atoms with Gasteiger partial charge < -0.3 is 86.0 Å². The molecule has 0 fully saturated rings. The molecule has 7 amide bonds. The van der Waals surface area contributed by atoms with Gasteiger partial charge in [-0.25, -0.2) is 19.2 Å². The molecule has 0 saturated carbocycles. The van der Waals surface area contributed by atoms with E-state index in [2.05, 4.69) is 36.6 Å². The van der Waals surface area contributed by atoms with Gasteiger partial charge in [0.2, 0.25) is 41.4 Å². The van der Waals surface area contributed by atoms with E-state index < -0.39 is 152 Å². The third-order valence-electron chi connectivity index (χ3n) is 7.36. The average Bonchev–Trinajstić information content (AvgIpc) is 3.22. The Morgan fingerprint density at radius 2 is 0.954 bits per heavy atom. The lowest BCUT2D eigenvalue weighted by Crippen LogP contribution is -2.50. The van der Waals surface area contributed by atoms with E-state index in [9.17, 15) is 57.5 Å². The summed E-state index contributed by atoms with van der Waals surface area (Å²) in [6.07, 6.45) is 4.03. The minimum Gasteiger partial charge on any atom is -0.480 e. The maximum absolute atomic E-state index is 11.9. The minimum absolute atomic E-state index is 0.412. The molecule has 0 heterocycles. The van der Waals surface area contributed by atoms with E-state index in [0.717, 1.165) is 0 Å². The highest BCUT2D eigenvalue weighted by molar-refractivity contribution is 7.98. The van der Waals surface area contributed by atoms with Crippen LogP contribution in [-0.2, 0) is 67.0 Å². The highest BCUT2D eigenvalue weighted by atomic mass is 32.2. The second-order valence-electron chi connectivity index (χ2n) is 13.5. The van der Waals surface area contributed by atoms with E-state index in [4.69, 9.17) is 49.4 Å². The molecule has 0 aromatic heterocycles. The summed E-state index contributed by atoms with van der Waals surface area (Å²) >= 11 is 3.08.